The van der Waals surface area contributed by atoms with Gasteiger partial charge in [0.1, 0.15) is 0 Å². The van der Waals surface area contributed by atoms with Crippen molar-refractivity contribution >= 4 is 28.6 Å². The molecular formula is C31H43N5O5. The fourth-order valence-electron chi connectivity index (χ4n) is 7.66. The standard InChI is InChI=1S/C31H43N5O5/c1-18-13-22(14-19(2)35(18)23-16-20-9-5-6-10-21(15-20)17-23)36-25-12-8-7-11-24(25)33-26(28(36)37)27(29(38)39)34-41-31(3,4)30(32)40/h7-8,11-12,18-23H,5-6,9-10,13-17H2,1-4H3,(H2,32,40)(H,38,39)/b34-27-/t18-,19?,20+,21?,22?,23+/m1/s1. The molecule has 222 valence electrons. The first-order valence-electron chi connectivity index (χ1n) is 15.0. The number of piperidine rings is 1. The predicted molar refractivity (Wildman–Crippen MR) is 157 cm³/mol. The van der Waals surface area contributed by atoms with Gasteiger partial charge in [-0.15, -0.1) is 0 Å². The number of likely N-dealkylation sites (tertiary alicyclic amines) is 1. The Balaban J connectivity index is 1.50. The van der Waals surface area contributed by atoms with Crippen LogP contribution in [-0.4, -0.2) is 60.9 Å². The molecule has 1 aromatic heterocycles. The molecule has 1 aliphatic heterocycles. The summed E-state index contributed by atoms with van der Waals surface area (Å²) < 4.78 is 1.71. The van der Waals surface area contributed by atoms with Gasteiger partial charge in [0.2, 0.25) is 11.3 Å². The molecule has 41 heavy (non-hydrogen) atoms. The number of hydrogen-bond donors (Lipinski definition) is 2. The number of hydrogen-bond acceptors (Lipinski definition) is 7. The third-order valence-corrected chi connectivity index (χ3v) is 9.56. The molecule has 3 N–H and O–H groups in total. The topological polar surface area (TPSA) is 140 Å². The molecule has 1 saturated heterocycles. The third kappa shape index (κ3) is 5.89. The summed E-state index contributed by atoms with van der Waals surface area (Å²) in [6.07, 6.45) is 10.9. The Bertz CT molecular complexity index is 1380. The van der Waals surface area contributed by atoms with Crippen LogP contribution in [0.15, 0.2) is 34.2 Å². The number of benzene rings is 1. The van der Waals surface area contributed by atoms with Gasteiger partial charge in [-0.3, -0.25) is 14.5 Å². The van der Waals surface area contributed by atoms with E-state index in [1.54, 1.807) is 16.7 Å². The van der Waals surface area contributed by atoms with Crippen LogP contribution in [0.2, 0.25) is 0 Å². The number of primary amides is 1. The van der Waals surface area contributed by atoms with Crippen LogP contribution in [0.3, 0.4) is 0 Å². The van der Waals surface area contributed by atoms with Crippen molar-refractivity contribution in [1.29, 1.82) is 0 Å². The number of amides is 1. The first-order valence-corrected chi connectivity index (χ1v) is 15.0. The molecule has 0 spiro atoms. The first kappa shape index (κ1) is 29.2. The van der Waals surface area contributed by atoms with Crippen molar-refractivity contribution in [1.82, 2.24) is 14.5 Å². The van der Waals surface area contributed by atoms with Crippen LogP contribution in [0.1, 0.15) is 97.2 Å². The lowest BCUT2D eigenvalue weighted by Gasteiger charge is -2.50. The number of aromatic nitrogens is 2. The molecule has 10 nitrogen and oxygen atoms in total. The Morgan fingerprint density at radius 2 is 1.61 bits per heavy atom. The third-order valence-electron chi connectivity index (χ3n) is 9.56. The monoisotopic (exact) mass is 565 g/mol. The van der Waals surface area contributed by atoms with Gasteiger partial charge >= 0.3 is 5.97 Å². The fourth-order valence-corrected chi connectivity index (χ4v) is 7.66. The Labute approximate surface area is 240 Å². The molecule has 2 bridgehead atoms. The van der Waals surface area contributed by atoms with Crippen molar-refractivity contribution < 1.29 is 19.5 Å². The molecule has 3 fully saturated rings. The number of carbonyl (C=O) groups excluding carboxylic acids is 1. The molecule has 5 rings (SSSR count). The number of carboxylic acids is 1. The van der Waals surface area contributed by atoms with Gasteiger partial charge in [0.05, 0.1) is 11.0 Å². The van der Waals surface area contributed by atoms with E-state index in [1.165, 1.54) is 58.8 Å². The molecule has 6 atom stereocenters. The summed E-state index contributed by atoms with van der Waals surface area (Å²) in [5, 5.41) is 13.7. The van der Waals surface area contributed by atoms with Crippen molar-refractivity contribution in [3.05, 3.63) is 40.3 Å². The fraction of sp³-hybridized carbons (Fsp3) is 0.645. The zero-order valence-corrected chi connectivity index (χ0v) is 24.6. The lowest BCUT2D eigenvalue weighted by atomic mass is 9.75. The largest absolute Gasteiger partial charge is 0.476 e. The van der Waals surface area contributed by atoms with Crippen molar-refractivity contribution in [3.63, 3.8) is 0 Å². The molecular weight excluding hydrogens is 522 g/mol. The summed E-state index contributed by atoms with van der Waals surface area (Å²) in [5.41, 5.74) is 3.42. The molecule has 1 aromatic carbocycles. The highest BCUT2D eigenvalue weighted by atomic mass is 16.7. The zero-order valence-electron chi connectivity index (χ0n) is 24.6. The van der Waals surface area contributed by atoms with E-state index >= 15 is 0 Å². The van der Waals surface area contributed by atoms with Crippen LogP contribution < -0.4 is 11.3 Å². The average molecular weight is 566 g/mol. The summed E-state index contributed by atoms with van der Waals surface area (Å²) >= 11 is 0. The molecule has 0 radical (unpaired) electrons. The molecule has 1 amide bonds. The summed E-state index contributed by atoms with van der Waals surface area (Å²) in [6.45, 7) is 7.28. The number of oxime groups is 1. The number of nitrogens with two attached hydrogens (primary N) is 1. The number of nitrogens with zero attached hydrogens (tertiary/aromatic N) is 4. The Morgan fingerprint density at radius 1 is 1.00 bits per heavy atom. The Kier molecular flexibility index (Phi) is 8.23. The summed E-state index contributed by atoms with van der Waals surface area (Å²) in [4.78, 5) is 50.4. The number of para-hydroxylation sites is 2. The van der Waals surface area contributed by atoms with Gasteiger partial charge in [-0.25, -0.2) is 9.78 Å². The average Bonchev–Trinajstić information content (AvgIpc) is 3.07. The van der Waals surface area contributed by atoms with Crippen LogP contribution in [0.5, 0.6) is 0 Å². The minimum Gasteiger partial charge on any atom is -0.476 e. The maximum atomic E-state index is 14.0. The maximum Gasteiger partial charge on any atom is 0.360 e. The molecule has 3 aliphatic rings. The minimum atomic E-state index is -1.56. The van der Waals surface area contributed by atoms with Crippen molar-refractivity contribution in [3.8, 4) is 0 Å². The number of aliphatic carboxylic acids is 1. The Hall–Kier alpha value is -3.27. The summed E-state index contributed by atoms with van der Waals surface area (Å²) in [6, 6.07) is 8.23. The predicted octanol–water partition coefficient (Wildman–Crippen LogP) is 4.24. The van der Waals surface area contributed by atoms with Crippen LogP contribution in [0, 0.1) is 11.8 Å². The van der Waals surface area contributed by atoms with Gasteiger partial charge in [-0.2, -0.15) is 0 Å². The normalized spacial score (nSPS) is 29.6. The van der Waals surface area contributed by atoms with Crippen molar-refractivity contribution in [2.45, 2.75) is 115 Å². The van der Waals surface area contributed by atoms with Gasteiger partial charge in [-0.1, -0.05) is 43.0 Å². The van der Waals surface area contributed by atoms with Gasteiger partial charge in [0.15, 0.2) is 5.69 Å². The van der Waals surface area contributed by atoms with E-state index in [-0.39, 0.29) is 23.8 Å². The summed E-state index contributed by atoms with van der Waals surface area (Å²) in [7, 11) is 0. The second-order valence-corrected chi connectivity index (χ2v) is 13.0. The molecule has 3 unspecified atom stereocenters. The van der Waals surface area contributed by atoms with E-state index in [0.29, 0.717) is 17.1 Å². The number of rotatable bonds is 7. The molecule has 10 heteroatoms. The number of carboxylic acid groups (broad SMARTS) is 1. The number of carbonyl (C=O) groups is 2. The van der Waals surface area contributed by atoms with Crippen LogP contribution >= 0.6 is 0 Å². The van der Waals surface area contributed by atoms with Gasteiger partial charge in [0, 0.05) is 24.2 Å². The second-order valence-electron chi connectivity index (χ2n) is 13.0. The summed E-state index contributed by atoms with van der Waals surface area (Å²) in [5.74, 6) is -0.653. The van der Waals surface area contributed by atoms with Crippen molar-refractivity contribution in [2.24, 2.45) is 22.7 Å². The molecule has 2 heterocycles. The number of fused-ring (bicyclic) bond motifs is 3. The van der Waals surface area contributed by atoms with E-state index in [4.69, 9.17) is 10.6 Å². The van der Waals surface area contributed by atoms with E-state index in [1.807, 2.05) is 12.1 Å². The van der Waals surface area contributed by atoms with E-state index in [0.717, 1.165) is 24.7 Å². The highest BCUT2D eigenvalue weighted by Gasteiger charge is 2.41. The zero-order chi connectivity index (χ0) is 29.5. The lowest BCUT2D eigenvalue weighted by molar-refractivity contribution is -0.140. The van der Waals surface area contributed by atoms with Gasteiger partial charge in [-0.05, 0) is 83.8 Å². The molecule has 2 aliphatic carbocycles. The Morgan fingerprint density at radius 3 is 2.20 bits per heavy atom. The molecule has 2 saturated carbocycles. The van der Waals surface area contributed by atoms with Gasteiger partial charge < -0.3 is 20.2 Å². The van der Waals surface area contributed by atoms with Crippen LogP contribution in [-0.2, 0) is 14.4 Å². The van der Waals surface area contributed by atoms with Crippen LogP contribution in [0.25, 0.3) is 11.0 Å². The quantitative estimate of drug-likeness (QED) is 0.378. The maximum absolute atomic E-state index is 14.0. The van der Waals surface area contributed by atoms with Crippen LogP contribution in [0.4, 0.5) is 0 Å². The minimum absolute atomic E-state index is 0.140. The van der Waals surface area contributed by atoms with Gasteiger partial charge in [0.25, 0.3) is 11.5 Å². The first-order chi connectivity index (χ1) is 19.5. The van der Waals surface area contributed by atoms with E-state index < -0.39 is 28.7 Å². The van der Waals surface area contributed by atoms with Crippen molar-refractivity contribution in [2.75, 3.05) is 0 Å². The van der Waals surface area contributed by atoms with E-state index in [2.05, 4.69) is 28.9 Å². The highest BCUT2D eigenvalue weighted by Crippen LogP contribution is 2.43. The second kappa shape index (κ2) is 11.5. The molecule has 2 aromatic rings. The lowest BCUT2D eigenvalue weighted by Crippen LogP contribution is -2.54. The highest BCUT2D eigenvalue weighted by molar-refractivity contribution is 6.41. The smallest absolute Gasteiger partial charge is 0.360 e. The SMILES string of the molecule is CC1CC(n2c(=O)c(/C(=N/OC(C)(C)C(N)=O)C(=O)O)nc3ccccc32)C[C@@H](C)N1[C@@H]1CC2CCCC[C@@H](C2)C1. The van der Waals surface area contributed by atoms with E-state index in [9.17, 15) is 19.5 Å².